The molecule has 1 aromatic heterocycles. The van der Waals surface area contributed by atoms with Gasteiger partial charge in [-0.3, -0.25) is 9.36 Å². The topological polar surface area (TPSA) is 68.2 Å². The standard InChI is InChI=1S/C17H16Cl2N2O3S2/c1-10(2)21-15-6-5-13(8-16(15)25-17(21)22)26(23,24)20-9-11-3-4-12(18)7-14(11)19/h3-8,10,20H,9H2,1-2H3. The van der Waals surface area contributed by atoms with Crippen molar-refractivity contribution in [1.29, 1.82) is 0 Å². The predicted octanol–water partition coefficient (Wildman–Crippen LogP) is 4.43. The number of fused-ring (bicyclic) bond motifs is 1. The van der Waals surface area contributed by atoms with Crippen LogP contribution in [0.4, 0.5) is 0 Å². The van der Waals surface area contributed by atoms with E-state index in [1.807, 2.05) is 13.8 Å². The highest BCUT2D eigenvalue weighted by molar-refractivity contribution is 7.89. The SMILES string of the molecule is CC(C)n1c(=O)sc2cc(S(=O)(=O)NCc3ccc(Cl)cc3Cl)ccc21. The molecule has 1 N–H and O–H groups in total. The number of benzene rings is 2. The first-order chi connectivity index (χ1) is 12.2. The summed E-state index contributed by atoms with van der Waals surface area (Å²) in [5.41, 5.74) is 1.35. The average molecular weight is 431 g/mol. The molecule has 0 fully saturated rings. The normalized spacial score (nSPS) is 12.2. The van der Waals surface area contributed by atoms with Gasteiger partial charge >= 0.3 is 4.87 Å². The summed E-state index contributed by atoms with van der Waals surface area (Å²) in [5.74, 6) is 0. The van der Waals surface area contributed by atoms with Gasteiger partial charge in [0.05, 0.1) is 15.1 Å². The van der Waals surface area contributed by atoms with Crippen LogP contribution in [0.5, 0.6) is 0 Å². The van der Waals surface area contributed by atoms with Crippen molar-refractivity contribution in [2.24, 2.45) is 0 Å². The van der Waals surface area contributed by atoms with Crippen molar-refractivity contribution in [1.82, 2.24) is 9.29 Å². The molecule has 0 aliphatic heterocycles. The van der Waals surface area contributed by atoms with Gasteiger partial charge in [-0.2, -0.15) is 0 Å². The minimum absolute atomic E-state index is 0.00359. The van der Waals surface area contributed by atoms with E-state index in [2.05, 4.69) is 4.72 Å². The van der Waals surface area contributed by atoms with E-state index in [4.69, 9.17) is 23.2 Å². The molecule has 0 saturated carbocycles. The van der Waals surface area contributed by atoms with Gasteiger partial charge < -0.3 is 0 Å². The van der Waals surface area contributed by atoms with Gasteiger partial charge in [0, 0.05) is 22.6 Å². The van der Waals surface area contributed by atoms with E-state index < -0.39 is 10.0 Å². The van der Waals surface area contributed by atoms with Crippen molar-refractivity contribution in [2.45, 2.75) is 31.3 Å². The van der Waals surface area contributed by atoms with Crippen molar-refractivity contribution in [3.05, 3.63) is 61.7 Å². The Labute approximate surface area is 165 Å². The molecule has 1 heterocycles. The number of rotatable bonds is 5. The second-order valence-corrected chi connectivity index (χ2v) is 9.63. The number of halogens is 2. The van der Waals surface area contributed by atoms with Crippen LogP contribution in [0.25, 0.3) is 10.2 Å². The van der Waals surface area contributed by atoms with Gasteiger partial charge in [0.1, 0.15) is 0 Å². The summed E-state index contributed by atoms with van der Waals surface area (Å²) < 4.78 is 30.0. The number of nitrogens with one attached hydrogen (secondary N) is 1. The molecule has 3 aromatic rings. The molecular formula is C17H16Cl2N2O3S2. The lowest BCUT2D eigenvalue weighted by atomic mass is 10.2. The quantitative estimate of drug-likeness (QED) is 0.650. The fraction of sp³-hybridized carbons (Fsp3) is 0.235. The largest absolute Gasteiger partial charge is 0.308 e. The Kier molecular flexibility index (Phi) is 5.46. The molecule has 0 saturated heterocycles. The fourth-order valence-corrected chi connectivity index (χ4v) is 5.23. The zero-order chi connectivity index (χ0) is 19.1. The summed E-state index contributed by atoms with van der Waals surface area (Å²) >= 11 is 13.0. The molecule has 138 valence electrons. The van der Waals surface area contributed by atoms with Crippen molar-refractivity contribution >= 4 is 54.8 Å². The van der Waals surface area contributed by atoms with Crippen molar-refractivity contribution in [3.63, 3.8) is 0 Å². The highest BCUT2D eigenvalue weighted by atomic mass is 35.5. The maximum Gasteiger partial charge on any atom is 0.308 e. The van der Waals surface area contributed by atoms with Crippen LogP contribution in [0.3, 0.4) is 0 Å². The first-order valence-electron chi connectivity index (χ1n) is 7.78. The summed E-state index contributed by atoms with van der Waals surface area (Å²) in [6.07, 6.45) is 0. The number of thiazole rings is 1. The van der Waals surface area contributed by atoms with Crippen LogP contribution in [-0.2, 0) is 16.6 Å². The zero-order valence-corrected chi connectivity index (χ0v) is 17.1. The molecule has 26 heavy (non-hydrogen) atoms. The van der Waals surface area contributed by atoms with Gasteiger partial charge in [0.2, 0.25) is 10.0 Å². The van der Waals surface area contributed by atoms with Crippen molar-refractivity contribution in [3.8, 4) is 0 Å². The number of nitrogens with zero attached hydrogens (tertiary/aromatic N) is 1. The van der Waals surface area contributed by atoms with E-state index in [1.165, 1.54) is 12.1 Å². The Morgan fingerprint density at radius 1 is 1.15 bits per heavy atom. The minimum atomic E-state index is -3.75. The van der Waals surface area contributed by atoms with E-state index in [0.717, 1.165) is 16.9 Å². The molecule has 0 bridgehead atoms. The summed E-state index contributed by atoms with van der Waals surface area (Å²) in [5, 5.41) is 0.875. The lowest BCUT2D eigenvalue weighted by molar-refractivity contribution is 0.581. The summed E-state index contributed by atoms with van der Waals surface area (Å²) in [6, 6.07) is 9.57. The first-order valence-corrected chi connectivity index (χ1v) is 10.8. The van der Waals surface area contributed by atoms with E-state index in [0.29, 0.717) is 20.3 Å². The van der Waals surface area contributed by atoms with Crippen LogP contribution in [0.15, 0.2) is 46.1 Å². The third kappa shape index (κ3) is 3.82. The molecule has 2 aromatic carbocycles. The smallest absolute Gasteiger partial charge is 0.296 e. The van der Waals surface area contributed by atoms with Gasteiger partial charge in [-0.25, -0.2) is 13.1 Å². The maximum atomic E-state index is 12.6. The van der Waals surface area contributed by atoms with Crippen LogP contribution in [0.2, 0.25) is 10.0 Å². The molecule has 0 radical (unpaired) electrons. The molecule has 0 atom stereocenters. The molecular weight excluding hydrogens is 415 g/mol. The Balaban J connectivity index is 1.90. The summed E-state index contributed by atoms with van der Waals surface area (Å²) in [7, 11) is -3.75. The molecule has 0 aliphatic rings. The summed E-state index contributed by atoms with van der Waals surface area (Å²) in [6.45, 7) is 3.87. The van der Waals surface area contributed by atoms with Crippen LogP contribution >= 0.6 is 34.5 Å². The monoisotopic (exact) mass is 430 g/mol. The van der Waals surface area contributed by atoms with Crippen LogP contribution in [0, 0.1) is 0 Å². The Bertz CT molecular complexity index is 1130. The van der Waals surface area contributed by atoms with Crippen LogP contribution in [0.1, 0.15) is 25.5 Å². The Morgan fingerprint density at radius 3 is 2.54 bits per heavy atom. The molecule has 0 spiro atoms. The van der Waals surface area contributed by atoms with Crippen molar-refractivity contribution < 1.29 is 8.42 Å². The first kappa shape index (κ1) is 19.4. The fourth-order valence-electron chi connectivity index (χ4n) is 2.59. The number of aromatic nitrogens is 1. The summed E-state index contributed by atoms with van der Waals surface area (Å²) in [4.78, 5) is 12.1. The maximum absolute atomic E-state index is 12.6. The van der Waals surface area contributed by atoms with Gasteiger partial charge in [0.25, 0.3) is 0 Å². The third-order valence-electron chi connectivity index (χ3n) is 3.88. The lowest BCUT2D eigenvalue weighted by Crippen LogP contribution is -2.23. The van der Waals surface area contributed by atoms with Gasteiger partial charge in [-0.05, 0) is 49.7 Å². The van der Waals surface area contributed by atoms with E-state index in [-0.39, 0.29) is 22.4 Å². The number of sulfonamides is 1. The van der Waals surface area contributed by atoms with E-state index >= 15 is 0 Å². The molecule has 0 unspecified atom stereocenters. The highest BCUT2D eigenvalue weighted by Crippen LogP contribution is 2.25. The Morgan fingerprint density at radius 2 is 1.88 bits per heavy atom. The lowest BCUT2D eigenvalue weighted by Gasteiger charge is -2.10. The Hall–Kier alpha value is -1.38. The van der Waals surface area contributed by atoms with Crippen LogP contribution < -0.4 is 9.60 Å². The van der Waals surface area contributed by atoms with Gasteiger partial charge in [-0.15, -0.1) is 0 Å². The zero-order valence-electron chi connectivity index (χ0n) is 14.0. The molecule has 3 rings (SSSR count). The predicted molar refractivity (Wildman–Crippen MR) is 107 cm³/mol. The van der Waals surface area contributed by atoms with Crippen molar-refractivity contribution in [2.75, 3.05) is 0 Å². The number of hydrogen-bond donors (Lipinski definition) is 1. The third-order valence-corrected chi connectivity index (χ3v) is 6.78. The number of hydrogen-bond acceptors (Lipinski definition) is 4. The molecule has 0 amide bonds. The van der Waals surface area contributed by atoms with Gasteiger partial charge in [-0.1, -0.05) is 40.6 Å². The highest BCUT2D eigenvalue weighted by Gasteiger charge is 2.18. The van der Waals surface area contributed by atoms with E-state index in [9.17, 15) is 13.2 Å². The second kappa shape index (κ2) is 7.32. The second-order valence-electron chi connectivity index (χ2n) is 6.02. The average Bonchev–Trinajstić information content (AvgIpc) is 2.89. The van der Waals surface area contributed by atoms with Gasteiger partial charge in [0.15, 0.2) is 0 Å². The minimum Gasteiger partial charge on any atom is -0.296 e. The van der Waals surface area contributed by atoms with E-state index in [1.54, 1.807) is 28.8 Å². The molecule has 9 heteroatoms. The molecule has 5 nitrogen and oxygen atoms in total. The van der Waals surface area contributed by atoms with Crippen LogP contribution in [-0.4, -0.2) is 13.0 Å². The molecule has 0 aliphatic carbocycles.